The zero-order valence-electron chi connectivity index (χ0n) is 12.2. The molecule has 0 aliphatic rings. The molecule has 2 N–H and O–H groups in total. The van der Waals surface area contributed by atoms with Gasteiger partial charge in [0.25, 0.3) is 0 Å². The molecule has 3 heterocycles. The van der Waals surface area contributed by atoms with Crippen molar-refractivity contribution in [2.24, 2.45) is 0 Å². The highest BCUT2D eigenvalue weighted by molar-refractivity contribution is 7.08. The standard InChI is InChI=1S/C15H18N4S/c1-8-6-20-7-12(8)5-19-10(3)9(2)13-14(16)17-11(4)18-15(13)19/h6-7H,5H2,1-4H3,(H2,16,17,18). The van der Waals surface area contributed by atoms with E-state index in [9.17, 15) is 0 Å². The Hall–Kier alpha value is -1.88. The highest BCUT2D eigenvalue weighted by atomic mass is 32.1. The first-order valence-electron chi connectivity index (χ1n) is 6.60. The number of aromatic nitrogens is 3. The molecule has 3 rings (SSSR count). The predicted molar refractivity (Wildman–Crippen MR) is 84.3 cm³/mol. The van der Waals surface area contributed by atoms with Crippen molar-refractivity contribution < 1.29 is 0 Å². The summed E-state index contributed by atoms with van der Waals surface area (Å²) in [6.07, 6.45) is 0. The van der Waals surface area contributed by atoms with Gasteiger partial charge in [-0.1, -0.05) is 0 Å². The normalized spacial score (nSPS) is 11.4. The second-order valence-corrected chi connectivity index (χ2v) is 5.97. The van der Waals surface area contributed by atoms with Crippen LogP contribution in [-0.4, -0.2) is 14.5 Å². The van der Waals surface area contributed by atoms with Gasteiger partial charge in [-0.2, -0.15) is 11.3 Å². The lowest BCUT2D eigenvalue weighted by atomic mass is 10.2. The van der Waals surface area contributed by atoms with Gasteiger partial charge in [-0.25, -0.2) is 9.97 Å². The monoisotopic (exact) mass is 286 g/mol. The first-order chi connectivity index (χ1) is 9.49. The molecular formula is C15H18N4S. The van der Waals surface area contributed by atoms with Gasteiger partial charge in [0.1, 0.15) is 17.3 Å². The van der Waals surface area contributed by atoms with E-state index in [2.05, 4.69) is 46.1 Å². The second kappa shape index (κ2) is 4.59. The Bertz CT molecular complexity index is 798. The molecular weight excluding hydrogens is 268 g/mol. The maximum Gasteiger partial charge on any atom is 0.146 e. The third-order valence-electron chi connectivity index (χ3n) is 3.90. The van der Waals surface area contributed by atoms with Crippen LogP contribution in [0.4, 0.5) is 5.82 Å². The minimum atomic E-state index is 0.578. The van der Waals surface area contributed by atoms with Crippen LogP contribution in [0.15, 0.2) is 10.8 Å². The number of aryl methyl sites for hydroxylation is 3. The van der Waals surface area contributed by atoms with Gasteiger partial charge in [-0.15, -0.1) is 0 Å². The molecule has 0 spiro atoms. The summed E-state index contributed by atoms with van der Waals surface area (Å²) in [6.45, 7) is 9.07. The van der Waals surface area contributed by atoms with Crippen molar-refractivity contribution in [3.8, 4) is 0 Å². The number of hydrogen-bond acceptors (Lipinski definition) is 4. The zero-order valence-corrected chi connectivity index (χ0v) is 13.0. The number of nitrogens with zero attached hydrogens (tertiary/aromatic N) is 3. The van der Waals surface area contributed by atoms with E-state index < -0.39 is 0 Å². The largest absolute Gasteiger partial charge is 0.383 e. The van der Waals surface area contributed by atoms with Gasteiger partial charge >= 0.3 is 0 Å². The summed E-state index contributed by atoms with van der Waals surface area (Å²) < 4.78 is 2.24. The minimum Gasteiger partial charge on any atom is -0.383 e. The molecule has 0 aromatic carbocycles. The van der Waals surface area contributed by atoms with E-state index in [-0.39, 0.29) is 0 Å². The lowest BCUT2D eigenvalue weighted by molar-refractivity contribution is 0.786. The van der Waals surface area contributed by atoms with Crippen LogP contribution in [0.2, 0.25) is 0 Å². The van der Waals surface area contributed by atoms with E-state index >= 15 is 0 Å². The Morgan fingerprint density at radius 3 is 2.55 bits per heavy atom. The Morgan fingerprint density at radius 1 is 1.15 bits per heavy atom. The van der Waals surface area contributed by atoms with Crippen molar-refractivity contribution in [1.82, 2.24) is 14.5 Å². The van der Waals surface area contributed by atoms with Crippen LogP contribution in [-0.2, 0) is 6.54 Å². The van der Waals surface area contributed by atoms with E-state index in [1.165, 1.54) is 22.4 Å². The van der Waals surface area contributed by atoms with Gasteiger partial charge in [-0.05, 0) is 55.1 Å². The maximum absolute atomic E-state index is 6.08. The fourth-order valence-corrected chi connectivity index (χ4v) is 3.44. The van der Waals surface area contributed by atoms with E-state index in [0.29, 0.717) is 5.82 Å². The SMILES string of the molecule is Cc1nc(N)c2c(C)c(C)n(Cc3cscc3C)c2n1. The highest BCUT2D eigenvalue weighted by Crippen LogP contribution is 2.29. The van der Waals surface area contributed by atoms with Crippen LogP contribution in [0.25, 0.3) is 11.0 Å². The lowest BCUT2D eigenvalue weighted by Gasteiger charge is -2.08. The van der Waals surface area contributed by atoms with E-state index in [0.717, 1.165) is 23.4 Å². The minimum absolute atomic E-state index is 0.578. The number of rotatable bonds is 2. The number of fused-ring (bicyclic) bond motifs is 1. The molecule has 0 atom stereocenters. The van der Waals surface area contributed by atoms with Crippen molar-refractivity contribution in [3.63, 3.8) is 0 Å². The average Bonchev–Trinajstić information content (AvgIpc) is 2.87. The first kappa shape index (κ1) is 13.1. The van der Waals surface area contributed by atoms with Crippen molar-refractivity contribution in [3.05, 3.63) is 39.0 Å². The molecule has 0 aliphatic carbocycles. The van der Waals surface area contributed by atoms with E-state index in [1.807, 2.05) is 6.92 Å². The van der Waals surface area contributed by atoms with Gasteiger partial charge in [0, 0.05) is 5.69 Å². The summed E-state index contributed by atoms with van der Waals surface area (Å²) in [4.78, 5) is 8.89. The molecule has 0 saturated heterocycles. The molecule has 0 saturated carbocycles. The van der Waals surface area contributed by atoms with Gasteiger partial charge in [0.15, 0.2) is 0 Å². The van der Waals surface area contributed by atoms with Crippen LogP contribution in [0, 0.1) is 27.7 Å². The predicted octanol–water partition coefficient (Wildman–Crippen LogP) is 3.36. The van der Waals surface area contributed by atoms with E-state index in [1.54, 1.807) is 11.3 Å². The number of anilines is 1. The maximum atomic E-state index is 6.08. The van der Waals surface area contributed by atoms with Crippen molar-refractivity contribution in [2.75, 3.05) is 5.73 Å². The fraction of sp³-hybridized carbons (Fsp3) is 0.333. The summed E-state index contributed by atoms with van der Waals surface area (Å²) in [5, 5.41) is 5.37. The molecule has 0 radical (unpaired) electrons. The smallest absolute Gasteiger partial charge is 0.146 e. The van der Waals surface area contributed by atoms with E-state index in [4.69, 9.17) is 5.73 Å². The summed E-state index contributed by atoms with van der Waals surface area (Å²) in [6, 6.07) is 0. The Morgan fingerprint density at radius 2 is 1.90 bits per heavy atom. The van der Waals surface area contributed by atoms with Gasteiger partial charge in [0.2, 0.25) is 0 Å². The number of thiophene rings is 1. The molecule has 0 unspecified atom stereocenters. The van der Waals surface area contributed by atoms with Crippen LogP contribution < -0.4 is 5.73 Å². The third kappa shape index (κ3) is 1.89. The van der Waals surface area contributed by atoms with Crippen molar-refractivity contribution >= 4 is 28.2 Å². The topological polar surface area (TPSA) is 56.7 Å². The molecule has 5 heteroatoms. The third-order valence-corrected chi connectivity index (χ3v) is 4.81. The lowest BCUT2D eigenvalue weighted by Crippen LogP contribution is -2.04. The molecule has 4 nitrogen and oxygen atoms in total. The first-order valence-corrected chi connectivity index (χ1v) is 7.54. The molecule has 3 aromatic rings. The summed E-state index contributed by atoms with van der Waals surface area (Å²) in [7, 11) is 0. The molecule has 104 valence electrons. The molecule has 0 aliphatic heterocycles. The Labute approximate surface area is 122 Å². The van der Waals surface area contributed by atoms with Crippen molar-refractivity contribution in [1.29, 1.82) is 0 Å². The Balaban J connectivity index is 2.25. The molecule has 0 fully saturated rings. The quantitative estimate of drug-likeness (QED) is 0.786. The fourth-order valence-electron chi connectivity index (χ4n) is 2.59. The molecule has 0 bridgehead atoms. The van der Waals surface area contributed by atoms with Crippen LogP contribution in [0.5, 0.6) is 0 Å². The highest BCUT2D eigenvalue weighted by Gasteiger charge is 2.16. The number of hydrogen-bond donors (Lipinski definition) is 1. The van der Waals surface area contributed by atoms with Gasteiger partial charge < -0.3 is 10.3 Å². The van der Waals surface area contributed by atoms with Gasteiger partial charge in [0.05, 0.1) is 11.9 Å². The van der Waals surface area contributed by atoms with Crippen LogP contribution in [0.3, 0.4) is 0 Å². The van der Waals surface area contributed by atoms with Gasteiger partial charge in [-0.3, -0.25) is 0 Å². The summed E-state index contributed by atoms with van der Waals surface area (Å²) >= 11 is 1.74. The molecule has 0 amide bonds. The molecule has 20 heavy (non-hydrogen) atoms. The number of nitrogen functional groups attached to an aromatic ring is 1. The number of nitrogens with two attached hydrogens (primary N) is 1. The second-order valence-electron chi connectivity index (χ2n) is 5.23. The average molecular weight is 286 g/mol. The zero-order chi connectivity index (χ0) is 14.4. The molecule has 3 aromatic heterocycles. The summed E-state index contributed by atoms with van der Waals surface area (Å²) in [5.41, 5.74) is 12.1. The van der Waals surface area contributed by atoms with Crippen molar-refractivity contribution in [2.45, 2.75) is 34.2 Å². The summed E-state index contributed by atoms with van der Waals surface area (Å²) in [5.74, 6) is 1.30. The van der Waals surface area contributed by atoms with Crippen LogP contribution >= 0.6 is 11.3 Å². The Kier molecular flexibility index (Phi) is 3.01. The van der Waals surface area contributed by atoms with Crippen LogP contribution in [0.1, 0.15) is 28.2 Å².